The highest BCUT2D eigenvalue weighted by Crippen LogP contribution is 2.48. The maximum absolute atomic E-state index is 2.48. The van der Waals surface area contributed by atoms with E-state index in [1.807, 2.05) is 0 Å². The fourth-order valence-corrected chi connectivity index (χ4v) is 23.0. The molecule has 668 valence electrons. The number of benzene rings is 23. The first-order valence-corrected chi connectivity index (χ1v) is 49.2. The normalized spacial score (nSPS) is 11.8. The summed E-state index contributed by atoms with van der Waals surface area (Å²) in [7, 11) is 0. The van der Waals surface area contributed by atoms with Gasteiger partial charge in [0.1, 0.15) is 0 Å². The quantitative estimate of drug-likeness (QED) is 0.117. The lowest BCUT2D eigenvalue weighted by Crippen LogP contribution is -1.97. The van der Waals surface area contributed by atoms with Crippen molar-refractivity contribution in [1.82, 2.24) is 32.0 Å². The summed E-state index contributed by atoms with van der Waals surface area (Å²) in [5, 5.41) is 20.2. The summed E-state index contributed by atoms with van der Waals surface area (Å²) in [6, 6.07) is 196. The van der Waals surface area contributed by atoms with Crippen LogP contribution in [0.2, 0.25) is 0 Å². The van der Waals surface area contributed by atoms with Crippen molar-refractivity contribution in [2.75, 3.05) is 0 Å². The first kappa shape index (κ1) is 82.2. The Bertz CT molecular complexity index is 10100. The molecule has 23 aromatic carbocycles. The van der Waals surface area contributed by atoms with Gasteiger partial charge in [-0.25, -0.2) is 0 Å². The van der Waals surface area contributed by atoms with Crippen molar-refractivity contribution in [3.05, 3.63) is 540 Å². The van der Waals surface area contributed by atoms with Crippen molar-refractivity contribution in [3.63, 3.8) is 0 Å². The van der Waals surface area contributed by atoms with Gasteiger partial charge >= 0.3 is 0 Å². The molecule has 0 saturated heterocycles. The summed E-state index contributed by atoms with van der Waals surface area (Å²) in [4.78, 5) is 0. The van der Waals surface area contributed by atoms with E-state index in [0.29, 0.717) is 0 Å². The van der Waals surface area contributed by atoms with Crippen LogP contribution in [0.4, 0.5) is 0 Å². The maximum Gasteiger partial charge on any atom is 0.0562 e. The summed E-state index contributed by atoms with van der Waals surface area (Å²) in [5.74, 6) is 0. The van der Waals surface area contributed by atoms with Gasteiger partial charge in [-0.3, -0.25) is 0 Å². The molecule has 0 aliphatic carbocycles. The molecule has 0 aliphatic rings. The number of aromatic nitrogens is 7. The van der Waals surface area contributed by atoms with Crippen LogP contribution in [-0.4, -0.2) is 32.0 Å². The van der Waals surface area contributed by atoms with Crippen LogP contribution in [0.5, 0.6) is 0 Å². The summed E-state index contributed by atoms with van der Waals surface area (Å²) in [6.45, 7) is 0. The molecule has 0 unspecified atom stereocenters. The number of hydrogen-bond donors (Lipinski definition) is 0. The molecule has 30 aromatic rings. The molecule has 0 saturated carbocycles. The van der Waals surface area contributed by atoms with E-state index in [2.05, 4.69) is 572 Å². The highest BCUT2D eigenvalue weighted by molar-refractivity contribution is 6.23. The molecule has 7 heterocycles. The fourth-order valence-electron chi connectivity index (χ4n) is 23.0. The average Bonchev–Trinajstić information content (AvgIpc) is 1.56. The Labute approximate surface area is 824 Å². The van der Waals surface area contributed by atoms with Crippen LogP contribution in [0, 0.1) is 0 Å². The van der Waals surface area contributed by atoms with Gasteiger partial charge in [0, 0.05) is 115 Å². The maximum atomic E-state index is 2.48. The van der Waals surface area contributed by atoms with E-state index in [9.17, 15) is 0 Å². The predicted molar refractivity (Wildman–Crippen MR) is 604 cm³/mol. The smallest absolute Gasteiger partial charge is 0.0562 e. The van der Waals surface area contributed by atoms with Gasteiger partial charge in [-0.05, 0) is 254 Å². The van der Waals surface area contributed by atoms with Crippen LogP contribution in [0.1, 0.15) is 0 Å². The Hall–Kier alpha value is -19.1. The first-order chi connectivity index (χ1) is 71.0. The Kier molecular flexibility index (Phi) is 19.5. The molecule has 0 atom stereocenters. The van der Waals surface area contributed by atoms with Gasteiger partial charge < -0.3 is 32.0 Å². The van der Waals surface area contributed by atoms with Gasteiger partial charge in [-0.15, -0.1) is 0 Å². The van der Waals surface area contributed by atoms with Gasteiger partial charge in [0.05, 0.1) is 77.2 Å². The molecular formula is C136H89N7. The fraction of sp³-hybridized carbons (Fsp3) is 0. The van der Waals surface area contributed by atoms with Gasteiger partial charge in [-0.1, -0.05) is 352 Å². The zero-order chi connectivity index (χ0) is 94.1. The molecule has 0 aliphatic heterocycles. The molecular weight excluding hydrogens is 1730 g/mol. The van der Waals surface area contributed by atoms with Gasteiger partial charge in [0.15, 0.2) is 0 Å². The lowest BCUT2D eigenvalue weighted by molar-refractivity contribution is 1.14. The molecule has 7 nitrogen and oxygen atoms in total. The molecule has 143 heavy (non-hydrogen) atoms. The molecule has 0 N–H and O–H groups in total. The van der Waals surface area contributed by atoms with Crippen molar-refractivity contribution >= 4 is 163 Å². The topological polar surface area (TPSA) is 34.5 Å². The minimum Gasteiger partial charge on any atom is -0.309 e. The van der Waals surface area contributed by atoms with E-state index in [1.54, 1.807) is 0 Å². The van der Waals surface area contributed by atoms with E-state index in [-0.39, 0.29) is 0 Å². The van der Waals surface area contributed by atoms with Crippen LogP contribution >= 0.6 is 0 Å². The lowest BCUT2D eigenvalue weighted by Gasteiger charge is -2.15. The zero-order valence-corrected chi connectivity index (χ0v) is 78.0. The number of para-hydroxylation sites is 11. The molecule has 0 bridgehead atoms. The summed E-state index contributed by atoms with van der Waals surface area (Å²) in [5.41, 5.74) is 37.0. The first-order valence-electron chi connectivity index (χ1n) is 49.2. The largest absolute Gasteiger partial charge is 0.309 e. The number of nitrogens with zero attached hydrogens (tertiary/aromatic N) is 7. The Morgan fingerprint density at radius 1 is 0.0909 bits per heavy atom. The van der Waals surface area contributed by atoms with Crippen LogP contribution in [0.15, 0.2) is 540 Å². The van der Waals surface area contributed by atoms with Crippen molar-refractivity contribution in [1.29, 1.82) is 0 Å². The summed E-state index contributed by atoms with van der Waals surface area (Å²) < 4.78 is 17.0. The third-order valence-corrected chi connectivity index (χ3v) is 29.4. The summed E-state index contributed by atoms with van der Waals surface area (Å²) >= 11 is 0. The monoisotopic (exact) mass is 1820 g/mol. The molecule has 0 fully saturated rings. The van der Waals surface area contributed by atoms with E-state index in [4.69, 9.17) is 0 Å². The Morgan fingerprint density at radius 2 is 0.294 bits per heavy atom. The zero-order valence-electron chi connectivity index (χ0n) is 78.0. The number of rotatable bonds is 12. The second kappa shape index (κ2) is 34.0. The minimum atomic E-state index is 1.13. The van der Waals surface area contributed by atoms with Crippen LogP contribution in [0.25, 0.3) is 259 Å². The second-order valence-electron chi connectivity index (χ2n) is 37.4. The Balaban J connectivity index is 0.000000106. The highest BCUT2D eigenvalue weighted by atomic mass is 15.0. The molecule has 7 aromatic heterocycles. The summed E-state index contributed by atoms with van der Waals surface area (Å²) in [6.07, 6.45) is 0. The third-order valence-electron chi connectivity index (χ3n) is 29.4. The SMILES string of the molecule is c1ccc(-c2cc(-n3c4ccccc4c4cc5c6ccccc6n(-c6ccccc6)c5cc43)cc3ccccc23)cc1.c1ccc(-c2cccc(-c3cc(-c4cccc(-c5ccccc5)c4)cc(-n4c5ccccc5c5cc6c7ccccc7n(-c7ccccc7)c6cc54)c3)c2)cc1.c1ccc(-n2c3ccccc3c3cc4c5ccccc5n(-c5ccc(-n6c7ccccc7c7ccccc76)cc5)c4cc32)cc1. The third kappa shape index (κ3) is 13.7. The van der Waals surface area contributed by atoms with Crippen molar-refractivity contribution in [2.24, 2.45) is 0 Å². The van der Waals surface area contributed by atoms with Gasteiger partial charge in [-0.2, -0.15) is 0 Å². The van der Waals surface area contributed by atoms with E-state index < -0.39 is 0 Å². The van der Waals surface area contributed by atoms with E-state index in [1.165, 1.54) is 236 Å². The highest BCUT2D eigenvalue weighted by Gasteiger charge is 2.26. The van der Waals surface area contributed by atoms with Gasteiger partial charge in [0.25, 0.3) is 0 Å². The van der Waals surface area contributed by atoms with Crippen molar-refractivity contribution in [3.8, 4) is 95.4 Å². The van der Waals surface area contributed by atoms with E-state index >= 15 is 0 Å². The molecule has 0 spiro atoms. The van der Waals surface area contributed by atoms with E-state index in [0.717, 1.165) is 22.7 Å². The van der Waals surface area contributed by atoms with Crippen molar-refractivity contribution in [2.45, 2.75) is 0 Å². The molecule has 7 heteroatoms. The standard InChI is InChI=1S/C54H36N2.C42H27N3.C40H26N2/c1-4-16-37(17-5-1)39-20-14-22-41(30-39)43-32-44(42-23-15-21-40(31-42)38-18-6-2-7-19-38)34-46(33-43)56-52-29-13-11-27-48(52)50-35-49-47-26-10-12-28-51(47)55(53(49)36-54(50)56)45-24-8-3-9-25-45;1-2-12-28(13-3-1)44-39-20-10-6-16-33(39)35-26-36-34-17-7-11-21-40(34)45(42(36)27-41(35)44)30-24-22-29(23-25-30)43-37-18-8-4-14-31(37)32-15-5-9-19-38(32)43;1-3-13-27(14-4-1)34-24-30(23-28-15-7-8-18-31(28)34)42-38-22-12-10-20-33(38)36-25-35-32-19-9-11-21-37(32)41(39(35)26-40(36)42)29-16-5-2-6-17-29/h1-36H;1-27H;1-26H. The number of fused-ring (bicyclic) bond motifs is 22. The minimum absolute atomic E-state index is 1.13. The lowest BCUT2D eigenvalue weighted by atomic mass is 9.94. The molecule has 0 radical (unpaired) electrons. The number of hydrogen-bond acceptors (Lipinski definition) is 0. The molecule has 0 amide bonds. The van der Waals surface area contributed by atoms with Crippen LogP contribution in [-0.2, 0) is 0 Å². The predicted octanol–water partition coefficient (Wildman–Crippen LogP) is 36.2. The average molecular weight is 1820 g/mol. The second-order valence-corrected chi connectivity index (χ2v) is 37.4. The van der Waals surface area contributed by atoms with Crippen LogP contribution in [0.3, 0.4) is 0 Å². The van der Waals surface area contributed by atoms with Crippen LogP contribution < -0.4 is 0 Å². The molecule has 30 rings (SSSR count). The van der Waals surface area contributed by atoms with Gasteiger partial charge in [0.2, 0.25) is 0 Å². The van der Waals surface area contributed by atoms with Crippen molar-refractivity contribution < 1.29 is 0 Å². The Morgan fingerprint density at radius 3 is 0.594 bits per heavy atom.